The molecule has 10 nitrogen and oxygen atoms in total. The molecule has 11 heteroatoms. The fourth-order valence-electron chi connectivity index (χ4n) is 1.92. The highest BCUT2D eigenvalue weighted by Crippen LogP contribution is 2.14. The van der Waals surface area contributed by atoms with Crippen LogP contribution in [0, 0.1) is 0 Å². The van der Waals surface area contributed by atoms with Gasteiger partial charge in [-0.2, -0.15) is 8.42 Å². The van der Waals surface area contributed by atoms with E-state index in [0.29, 0.717) is 19.3 Å². The molecule has 134 valence electrons. The lowest BCUT2D eigenvalue weighted by molar-refractivity contribution is 0.180. The second kappa shape index (κ2) is 9.87. The third-order valence-corrected chi connectivity index (χ3v) is 2.45. The van der Waals surface area contributed by atoms with Crippen LogP contribution in [-0.2, 0) is 29.7 Å². The van der Waals surface area contributed by atoms with E-state index in [1.807, 2.05) is 18.2 Å². The first-order valence-corrected chi connectivity index (χ1v) is 7.89. The Bertz CT molecular complexity index is 499. The molecule has 11 N–H and O–H groups in total. The Labute approximate surface area is 134 Å². The topological polar surface area (TPSA) is 213 Å². The highest BCUT2D eigenvalue weighted by atomic mass is 32.3. The van der Waals surface area contributed by atoms with Crippen molar-refractivity contribution < 1.29 is 32.8 Å². The minimum atomic E-state index is -4.67. The number of nitrogens with two attached hydrogens (primary N) is 3. The molecule has 0 heterocycles. The molecule has 0 aliphatic carbocycles. The summed E-state index contributed by atoms with van der Waals surface area (Å²) >= 11 is 0. The van der Waals surface area contributed by atoms with Crippen LogP contribution in [0.25, 0.3) is 0 Å². The summed E-state index contributed by atoms with van der Waals surface area (Å²) in [5, 5.41) is 27.5. The molecule has 0 aromatic heterocycles. The number of aliphatic hydroxyl groups is 3. The van der Waals surface area contributed by atoms with Gasteiger partial charge in [-0.05, 0) is 16.7 Å². The fourth-order valence-corrected chi connectivity index (χ4v) is 1.92. The van der Waals surface area contributed by atoms with E-state index in [9.17, 15) is 15.3 Å². The number of hydrogen-bond donors (Lipinski definition) is 8. The molecular weight excluding hydrogens is 330 g/mol. The number of aliphatic hydroxyl groups excluding tert-OH is 3. The van der Waals surface area contributed by atoms with E-state index in [2.05, 4.69) is 0 Å². The Morgan fingerprint density at radius 1 is 0.739 bits per heavy atom. The molecule has 0 aliphatic heterocycles. The highest BCUT2D eigenvalue weighted by molar-refractivity contribution is 7.79. The molecule has 0 amide bonds. The van der Waals surface area contributed by atoms with E-state index in [1.165, 1.54) is 0 Å². The van der Waals surface area contributed by atoms with Crippen molar-refractivity contribution in [2.75, 3.05) is 0 Å². The molecule has 0 fully saturated rings. The van der Waals surface area contributed by atoms with E-state index in [-0.39, 0.29) is 0 Å². The van der Waals surface area contributed by atoms with Crippen molar-refractivity contribution in [2.45, 2.75) is 37.9 Å². The molecule has 1 rings (SSSR count). The zero-order chi connectivity index (χ0) is 18.2. The van der Waals surface area contributed by atoms with Gasteiger partial charge in [0.25, 0.3) is 0 Å². The normalized spacial score (nSPS) is 15.3. The van der Waals surface area contributed by atoms with Gasteiger partial charge in [-0.3, -0.25) is 9.11 Å². The second-order valence-electron chi connectivity index (χ2n) is 4.92. The Kier molecular flexibility index (Phi) is 9.38. The Hall–Kier alpha value is -1.15. The largest absolute Gasteiger partial charge is 0.394 e. The van der Waals surface area contributed by atoms with Gasteiger partial charge in [0.05, 0.1) is 0 Å². The second-order valence-corrected chi connectivity index (χ2v) is 5.82. The van der Waals surface area contributed by atoms with Crippen molar-refractivity contribution in [1.82, 2.24) is 0 Å². The maximum atomic E-state index is 9.18. The van der Waals surface area contributed by atoms with Crippen LogP contribution >= 0.6 is 0 Å². The quantitative estimate of drug-likeness (QED) is 0.198. The molecule has 1 aromatic rings. The zero-order valence-electron chi connectivity index (χ0n) is 12.3. The molecule has 3 unspecified atom stereocenters. The van der Waals surface area contributed by atoms with Crippen LogP contribution in [0.5, 0.6) is 0 Å². The number of hydrogen-bond acceptors (Lipinski definition) is 8. The van der Waals surface area contributed by atoms with E-state index in [4.69, 9.17) is 34.7 Å². The molecule has 0 saturated carbocycles. The molecule has 1 aromatic carbocycles. The van der Waals surface area contributed by atoms with Crippen LogP contribution in [0.1, 0.15) is 16.7 Å². The summed E-state index contributed by atoms with van der Waals surface area (Å²) in [6.45, 7) is 0. The van der Waals surface area contributed by atoms with Crippen molar-refractivity contribution in [3.05, 3.63) is 34.9 Å². The molecule has 0 radical (unpaired) electrons. The van der Waals surface area contributed by atoms with Gasteiger partial charge in [-0.15, -0.1) is 0 Å². The van der Waals surface area contributed by atoms with Crippen molar-refractivity contribution in [3.63, 3.8) is 0 Å². The van der Waals surface area contributed by atoms with Crippen molar-refractivity contribution >= 4 is 10.4 Å². The monoisotopic (exact) mass is 353 g/mol. The summed E-state index contributed by atoms with van der Waals surface area (Å²) < 4.78 is 31.6. The fraction of sp³-hybridized carbons (Fsp3) is 0.500. The predicted octanol–water partition coefficient (Wildman–Crippen LogP) is -2.51. The summed E-state index contributed by atoms with van der Waals surface area (Å²) in [6.07, 6.45) is -1.96. The van der Waals surface area contributed by atoms with Crippen LogP contribution in [0.4, 0.5) is 0 Å². The zero-order valence-corrected chi connectivity index (χ0v) is 13.1. The third kappa shape index (κ3) is 14.2. The summed E-state index contributed by atoms with van der Waals surface area (Å²) in [4.78, 5) is 0. The first-order chi connectivity index (χ1) is 10.4. The van der Waals surface area contributed by atoms with Crippen molar-refractivity contribution in [1.29, 1.82) is 0 Å². The highest BCUT2D eigenvalue weighted by Gasteiger charge is 2.08. The van der Waals surface area contributed by atoms with E-state index in [0.717, 1.165) is 16.7 Å². The van der Waals surface area contributed by atoms with Crippen LogP contribution in [0.15, 0.2) is 18.2 Å². The van der Waals surface area contributed by atoms with E-state index in [1.54, 1.807) is 0 Å². The summed E-state index contributed by atoms with van der Waals surface area (Å²) in [6, 6.07) is 5.45. The van der Waals surface area contributed by atoms with Crippen molar-refractivity contribution in [2.24, 2.45) is 17.2 Å². The minimum Gasteiger partial charge on any atom is -0.378 e. The van der Waals surface area contributed by atoms with Gasteiger partial charge in [-0.1, -0.05) is 18.2 Å². The van der Waals surface area contributed by atoms with E-state index < -0.39 is 29.1 Å². The maximum absolute atomic E-state index is 9.18. The molecular formula is C12H23N3O7S. The van der Waals surface area contributed by atoms with Gasteiger partial charge in [-0.25, -0.2) is 0 Å². The van der Waals surface area contributed by atoms with Crippen LogP contribution in [-0.4, -0.2) is 51.5 Å². The molecule has 0 bridgehead atoms. The summed E-state index contributed by atoms with van der Waals surface area (Å²) in [5.74, 6) is 0. The lowest BCUT2D eigenvalue weighted by Crippen LogP contribution is -2.24. The van der Waals surface area contributed by atoms with Gasteiger partial charge in [0, 0.05) is 19.3 Å². The smallest absolute Gasteiger partial charge is 0.378 e. The molecule has 23 heavy (non-hydrogen) atoms. The number of rotatable bonds is 6. The minimum absolute atomic E-state index is 0.294. The van der Waals surface area contributed by atoms with Gasteiger partial charge < -0.3 is 32.5 Å². The van der Waals surface area contributed by atoms with Crippen LogP contribution < -0.4 is 17.2 Å². The Morgan fingerprint density at radius 3 is 1.04 bits per heavy atom. The molecule has 3 atom stereocenters. The lowest BCUT2D eigenvalue weighted by Gasteiger charge is -2.13. The standard InChI is InChI=1S/C12H21N3O3.H2O4S/c13-10(16)4-7-1-8(5-11(14)17)3-9(2-7)6-12(15)18;1-5(2,3)4/h1-3,10-12,16-18H,4-6,13-15H2;(H2,1,2,3,4). The van der Waals surface area contributed by atoms with Crippen LogP contribution in [0.3, 0.4) is 0 Å². The average molecular weight is 353 g/mol. The van der Waals surface area contributed by atoms with Gasteiger partial charge >= 0.3 is 10.4 Å². The average Bonchev–Trinajstić information content (AvgIpc) is 2.22. The lowest BCUT2D eigenvalue weighted by atomic mass is 9.99. The first-order valence-electron chi connectivity index (χ1n) is 6.49. The maximum Gasteiger partial charge on any atom is 0.394 e. The van der Waals surface area contributed by atoms with Gasteiger partial charge in [0.2, 0.25) is 0 Å². The summed E-state index contributed by atoms with van der Waals surface area (Å²) in [5.41, 5.74) is 18.5. The van der Waals surface area contributed by atoms with Gasteiger partial charge in [0.15, 0.2) is 0 Å². The Balaban J connectivity index is 0.000000841. The third-order valence-electron chi connectivity index (χ3n) is 2.45. The number of benzene rings is 1. The Morgan fingerprint density at radius 2 is 0.913 bits per heavy atom. The SMILES string of the molecule is NC(O)Cc1cc(CC(N)O)cc(CC(N)O)c1.O=S(=O)(O)O. The van der Waals surface area contributed by atoms with Crippen LogP contribution in [0.2, 0.25) is 0 Å². The van der Waals surface area contributed by atoms with Crippen molar-refractivity contribution in [3.8, 4) is 0 Å². The summed E-state index contributed by atoms with van der Waals surface area (Å²) in [7, 11) is -4.67. The predicted molar refractivity (Wildman–Crippen MR) is 82.3 cm³/mol. The van der Waals surface area contributed by atoms with Gasteiger partial charge in [0.1, 0.15) is 18.7 Å². The molecule has 0 aliphatic rings. The van der Waals surface area contributed by atoms with E-state index >= 15 is 0 Å². The molecule has 0 saturated heterocycles. The first kappa shape index (κ1) is 21.9. The molecule has 0 spiro atoms.